The van der Waals surface area contributed by atoms with Crippen LogP contribution >= 0.6 is 11.3 Å². The summed E-state index contributed by atoms with van der Waals surface area (Å²) in [5, 5.41) is 36.2. The SMILES string of the molecule is C[C@@H](O)C(=O)O.O=C(c1ccc(OCCN2CCCCC2)cc1)c1c(-c2ccc(O)cc2)sc2cc(O)ccc12. The van der Waals surface area contributed by atoms with Crippen molar-refractivity contribution in [2.75, 3.05) is 26.2 Å². The number of likely N-dealkylation sites (tertiary alicyclic amines) is 1. The van der Waals surface area contributed by atoms with E-state index in [1.54, 1.807) is 42.5 Å². The van der Waals surface area contributed by atoms with Gasteiger partial charge in [-0.05, 0) is 105 Å². The van der Waals surface area contributed by atoms with Crippen LogP contribution in [0.3, 0.4) is 0 Å². The number of fused-ring (bicyclic) bond motifs is 1. The van der Waals surface area contributed by atoms with Crippen LogP contribution in [0, 0.1) is 0 Å². The lowest BCUT2D eigenvalue weighted by Crippen LogP contribution is -2.33. The Balaban J connectivity index is 0.000000557. The van der Waals surface area contributed by atoms with Crippen molar-refractivity contribution in [1.29, 1.82) is 0 Å². The van der Waals surface area contributed by atoms with E-state index < -0.39 is 12.1 Å². The highest BCUT2D eigenvalue weighted by Gasteiger charge is 2.22. The number of aliphatic hydroxyl groups excluding tert-OH is 1. The number of piperidine rings is 1. The number of nitrogens with zero attached hydrogens (tertiary/aromatic N) is 1. The van der Waals surface area contributed by atoms with E-state index in [2.05, 4.69) is 4.90 Å². The first kappa shape index (κ1) is 29.1. The number of aromatic hydroxyl groups is 2. The van der Waals surface area contributed by atoms with Crippen molar-refractivity contribution in [2.24, 2.45) is 0 Å². The fourth-order valence-corrected chi connectivity index (χ4v) is 5.69. The second-order valence-corrected chi connectivity index (χ2v) is 10.7. The first-order chi connectivity index (χ1) is 19.2. The molecule has 0 aliphatic carbocycles. The molecule has 1 aromatic heterocycles. The minimum atomic E-state index is -1.23. The summed E-state index contributed by atoms with van der Waals surface area (Å²) >= 11 is 1.46. The third-order valence-corrected chi connectivity index (χ3v) is 7.83. The summed E-state index contributed by atoms with van der Waals surface area (Å²) in [6.45, 7) is 5.04. The molecule has 2 heterocycles. The average molecular weight is 564 g/mol. The Kier molecular flexibility index (Phi) is 9.76. The highest BCUT2D eigenvalue weighted by molar-refractivity contribution is 7.22. The van der Waals surface area contributed by atoms with Gasteiger partial charge in [0.1, 0.15) is 30.0 Å². The standard InChI is InChI=1S/C28H27NO4S.C3H6O3/c30-21-8-4-20(5-9-21)28-26(24-13-10-22(31)18-25(24)34-28)27(32)19-6-11-23(12-7-19)33-17-16-29-14-2-1-3-15-29;1-2(4)3(5)6/h4-13,18,30-31H,1-3,14-17H2;2,4H,1H3,(H,5,6)/t;2-/m.1/s1. The van der Waals surface area contributed by atoms with Gasteiger partial charge in [-0.3, -0.25) is 9.69 Å². The lowest BCUT2D eigenvalue weighted by atomic mass is 9.97. The zero-order valence-electron chi connectivity index (χ0n) is 22.2. The maximum atomic E-state index is 13.6. The number of phenols is 2. The Bertz CT molecular complexity index is 1440. The molecule has 1 aliphatic rings. The van der Waals surface area contributed by atoms with E-state index in [-0.39, 0.29) is 17.3 Å². The zero-order chi connectivity index (χ0) is 28.6. The maximum absolute atomic E-state index is 13.6. The number of carbonyl (C=O) groups is 2. The summed E-state index contributed by atoms with van der Waals surface area (Å²) in [6, 6.07) is 19.2. The summed E-state index contributed by atoms with van der Waals surface area (Å²) in [5.74, 6) is -0.176. The number of phenolic OH excluding ortho intramolecular Hbond substituents is 2. The monoisotopic (exact) mass is 563 g/mol. The molecular weight excluding hydrogens is 530 g/mol. The molecule has 0 amide bonds. The van der Waals surface area contributed by atoms with Crippen molar-refractivity contribution >= 4 is 33.2 Å². The van der Waals surface area contributed by atoms with E-state index in [1.807, 2.05) is 24.3 Å². The van der Waals surface area contributed by atoms with Crippen LogP contribution in [-0.4, -0.2) is 69.4 Å². The number of carboxylic acid groups (broad SMARTS) is 1. The third kappa shape index (κ3) is 7.38. The molecular formula is C31H33NO7S. The van der Waals surface area contributed by atoms with Crippen LogP contribution in [0.1, 0.15) is 42.1 Å². The molecule has 0 spiro atoms. The van der Waals surface area contributed by atoms with Gasteiger partial charge < -0.3 is 25.2 Å². The molecule has 1 aliphatic heterocycles. The number of benzene rings is 3. The fraction of sp³-hybridized carbons (Fsp3) is 0.290. The van der Waals surface area contributed by atoms with Crippen molar-refractivity contribution in [3.05, 3.63) is 77.9 Å². The molecule has 8 nitrogen and oxygen atoms in total. The summed E-state index contributed by atoms with van der Waals surface area (Å²) in [4.78, 5) is 26.3. The Morgan fingerprint density at radius 3 is 2.17 bits per heavy atom. The number of aliphatic carboxylic acids is 1. The van der Waals surface area contributed by atoms with Crippen LogP contribution in [0.15, 0.2) is 66.7 Å². The van der Waals surface area contributed by atoms with Crippen LogP contribution in [0.2, 0.25) is 0 Å². The topological polar surface area (TPSA) is 128 Å². The number of aliphatic hydroxyl groups is 1. The zero-order valence-corrected chi connectivity index (χ0v) is 23.1. The van der Waals surface area contributed by atoms with Crippen molar-refractivity contribution < 1.29 is 34.8 Å². The van der Waals surface area contributed by atoms with Gasteiger partial charge in [-0.2, -0.15) is 0 Å². The molecule has 5 rings (SSSR count). The molecule has 0 saturated carbocycles. The third-order valence-electron chi connectivity index (χ3n) is 6.63. The van der Waals surface area contributed by atoms with Gasteiger partial charge in [0.2, 0.25) is 0 Å². The number of rotatable bonds is 8. The number of hydrogen-bond donors (Lipinski definition) is 4. The summed E-state index contributed by atoms with van der Waals surface area (Å²) in [6.07, 6.45) is 2.62. The number of carbonyl (C=O) groups excluding carboxylic acids is 1. The van der Waals surface area contributed by atoms with Gasteiger partial charge in [-0.15, -0.1) is 11.3 Å². The van der Waals surface area contributed by atoms with E-state index in [0.717, 1.165) is 45.9 Å². The van der Waals surface area contributed by atoms with Crippen molar-refractivity contribution in [3.63, 3.8) is 0 Å². The van der Waals surface area contributed by atoms with Gasteiger partial charge in [-0.1, -0.05) is 6.42 Å². The predicted octanol–water partition coefficient (Wildman–Crippen LogP) is 5.53. The normalized spacial score (nSPS) is 14.2. The van der Waals surface area contributed by atoms with Crippen molar-refractivity contribution in [1.82, 2.24) is 4.90 Å². The van der Waals surface area contributed by atoms with E-state index in [9.17, 15) is 19.8 Å². The fourth-order valence-electron chi connectivity index (χ4n) is 4.45. The second-order valence-electron chi connectivity index (χ2n) is 9.65. The summed E-state index contributed by atoms with van der Waals surface area (Å²) in [7, 11) is 0. The van der Waals surface area contributed by atoms with Gasteiger partial charge in [0, 0.05) is 32.6 Å². The number of ether oxygens (including phenoxy) is 1. The number of ketones is 1. The molecule has 1 atom stereocenters. The number of thiophene rings is 1. The van der Waals surface area contributed by atoms with E-state index in [0.29, 0.717) is 17.7 Å². The van der Waals surface area contributed by atoms with Crippen LogP contribution in [-0.2, 0) is 4.79 Å². The Hall–Kier alpha value is -3.92. The molecule has 1 fully saturated rings. The van der Waals surface area contributed by atoms with Crippen LogP contribution in [0.5, 0.6) is 17.2 Å². The molecule has 0 bridgehead atoms. The van der Waals surface area contributed by atoms with E-state index >= 15 is 0 Å². The van der Waals surface area contributed by atoms with Crippen LogP contribution in [0.25, 0.3) is 20.5 Å². The van der Waals surface area contributed by atoms with E-state index in [1.165, 1.54) is 37.5 Å². The molecule has 3 aromatic carbocycles. The molecule has 1 saturated heterocycles. The first-order valence-corrected chi connectivity index (χ1v) is 14.0. The van der Waals surface area contributed by atoms with E-state index in [4.69, 9.17) is 14.9 Å². The van der Waals surface area contributed by atoms with Crippen molar-refractivity contribution in [2.45, 2.75) is 32.3 Å². The van der Waals surface area contributed by atoms with Crippen LogP contribution in [0.4, 0.5) is 0 Å². The van der Waals surface area contributed by atoms with Gasteiger partial charge in [0.15, 0.2) is 5.78 Å². The molecule has 40 heavy (non-hydrogen) atoms. The summed E-state index contributed by atoms with van der Waals surface area (Å²) in [5.41, 5.74) is 2.03. The van der Waals surface area contributed by atoms with Gasteiger partial charge >= 0.3 is 5.97 Å². The highest BCUT2D eigenvalue weighted by Crippen LogP contribution is 2.41. The van der Waals surface area contributed by atoms with Gasteiger partial charge in [-0.25, -0.2) is 4.79 Å². The van der Waals surface area contributed by atoms with Gasteiger partial charge in [0.25, 0.3) is 0 Å². The minimum absolute atomic E-state index is 0.0834. The quantitative estimate of drug-likeness (QED) is 0.206. The molecule has 0 radical (unpaired) electrons. The van der Waals surface area contributed by atoms with Crippen LogP contribution < -0.4 is 4.74 Å². The predicted molar refractivity (Wildman–Crippen MR) is 156 cm³/mol. The molecule has 4 aromatic rings. The Labute approximate surface area is 236 Å². The lowest BCUT2D eigenvalue weighted by molar-refractivity contribution is -0.145. The molecule has 210 valence electrons. The lowest BCUT2D eigenvalue weighted by Gasteiger charge is -2.26. The van der Waals surface area contributed by atoms with Gasteiger partial charge in [0.05, 0.1) is 0 Å². The summed E-state index contributed by atoms with van der Waals surface area (Å²) < 4.78 is 6.76. The maximum Gasteiger partial charge on any atom is 0.332 e. The molecule has 0 unspecified atom stereocenters. The highest BCUT2D eigenvalue weighted by atomic mass is 32.1. The average Bonchev–Trinajstić information content (AvgIpc) is 3.33. The molecule has 9 heteroatoms. The minimum Gasteiger partial charge on any atom is -0.508 e. The Morgan fingerprint density at radius 1 is 0.925 bits per heavy atom. The van der Waals surface area contributed by atoms with Crippen molar-refractivity contribution in [3.8, 4) is 27.7 Å². The largest absolute Gasteiger partial charge is 0.508 e. The number of hydrogen-bond acceptors (Lipinski definition) is 8. The smallest absolute Gasteiger partial charge is 0.332 e. The second kappa shape index (κ2) is 13.4. The number of carboxylic acids is 1. The molecule has 4 N–H and O–H groups in total. The Morgan fingerprint density at radius 2 is 1.55 bits per heavy atom. The first-order valence-electron chi connectivity index (χ1n) is 13.2.